The summed E-state index contributed by atoms with van der Waals surface area (Å²) in [5.41, 5.74) is 7.81. The minimum Gasteiger partial charge on any atom is -0.472 e. The van der Waals surface area contributed by atoms with E-state index in [1.807, 2.05) is 24.3 Å². The molecule has 0 bridgehead atoms. The van der Waals surface area contributed by atoms with E-state index in [2.05, 4.69) is 26.2 Å². The quantitative estimate of drug-likeness (QED) is 0.387. The zero-order valence-electron chi connectivity index (χ0n) is 11.2. The summed E-state index contributed by atoms with van der Waals surface area (Å²) in [6, 6.07) is 7.80. The van der Waals surface area contributed by atoms with Gasteiger partial charge in [0.25, 0.3) is 0 Å². The Morgan fingerprint density at radius 2 is 2.30 bits per heavy atom. The van der Waals surface area contributed by atoms with Crippen LogP contribution in [0.3, 0.4) is 0 Å². The summed E-state index contributed by atoms with van der Waals surface area (Å²) in [4.78, 5) is 0. The predicted molar refractivity (Wildman–Crippen MR) is 78.9 cm³/mol. The molecule has 0 unspecified atom stereocenters. The highest BCUT2D eigenvalue weighted by atomic mass is 79.9. The summed E-state index contributed by atoms with van der Waals surface area (Å²) in [5.74, 6) is 0.456. The van der Waals surface area contributed by atoms with Gasteiger partial charge in [-0.3, -0.25) is 0 Å². The van der Waals surface area contributed by atoms with Crippen LogP contribution in [0.15, 0.2) is 33.9 Å². The fourth-order valence-corrected chi connectivity index (χ4v) is 2.37. The van der Waals surface area contributed by atoms with Crippen LogP contribution in [0.4, 0.5) is 0 Å². The van der Waals surface area contributed by atoms with Crippen molar-refractivity contribution in [1.29, 1.82) is 0 Å². The molecular formula is C13H15BrN4O2. The molecule has 1 heterocycles. The van der Waals surface area contributed by atoms with Gasteiger partial charge in [0.05, 0.1) is 5.69 Å². The molecule has 1 aromatic carbocycles. The van der Waals surface area contributed by atoms with Gasteiger partial charge in [0.2, 0.25) is 5.88 Å². The predicted octanol–water partition coefficient (Wildman–Crippen LogP) is 2.16. The number of ether oxygens (including phenoxy) is 1. The highest BCUT2D eigenvalue weighted by molar-refractivity contribution is 9.10. The second-order valence-electron chi connectivity index (χ2n) is 4.29. The fraction of sp³-hybridized carbons (Fsp3) is 0.231. The molecule has 3 N–H and O–H groups in total. The van der Waals surface area contributed by atoms with Gasteiger partial charge in [0.15, 0.2) is 5.84 Å². The third-order valence-corrected chi connectivity index (χ3v) is 3.29. The second kappa shape index (κ2) is 5.96. The van der Waals surface area contributed by atoms with Crippen molar-refractivity contribution in [3.05, 3.63) is 45.6 Å². The first-order valence-corrected chi connectivity index (χ1v) is 6.71. The molecule has 0 aliphatic carbocycles. The van der Waals surface area contributed by atoms with Gasteiger partial charge in [0.1, 0.15) is 12.2 Å². The number of oxime groups is 1. The maximum absolute atomic E-state index is 8.83. The lowest BCUT2D eigenvalue weighted by Gasteiger charge is -2.09. The first-order chi connectivity index (χ1) is 9.52. The molecule has 2 rings (SSSR count). The minimum atomic E-state index is -0.0140. The van der Waals surface area contributed by atoms with E-state index in [0.29, 0.717) is 23.7 Å². The SMILES string of the molecule is Cc1nn(C)c(OCc2cccc(Br)c2)c1/C(N)=N/O. The lowest BCUT2D eigenvalue weighted by atomic mass is 10.2. The summed E-state index contributed by atoms with van der Waals surface area (Å²) in [6.45, 7) is 2.14. The number of halogens is 1. The number of aromatic nitrogens is 2. The topological polar surface area (TPSA) is 85.7 Å². The van der Waals surface area contributed by atoms with Crippen LogP contribution in [0.1, 0.15) is 16.8 Å². The molecule has 1 aromatic heterocycles. The lowest BCUT2D eigenvalue weighted by Crippen LogP contribution is -2.15. The van der Waals surface area contributed by atoms with Gasteiger partial charge in [-0.05, 0) is 24.6 Å². The Morgan fingerprint density at radius 3 is 2.95 bits per heavy atom. The standard InChI is InChI=1S/C13H15BrN4O2/c1-8-11(12(15)17-19)13(18(2)16-8)20-7-9-4-3-5-10(14)6-9/h3-6,19H,7H2,1-2H3,(H2,15,17). The molecule has 0 aliphatic rings. The maximum atomic E-state index is 8.83. The average molecular weight is 339 g/mol. The number of benzene rings is 1. The normalized spacial score (nSPS) is 11.7. The van der Waals surface area contributed by atoms with Crippen LogP contribution in [0.2, 0.25) is 0 Å². The molecule has 7 heteroatoms. The Morgan fingerprint density at radius 1 is 1.55 bits per heavy atom. The van der Waals surface area contributed by atoms with Crippen LogP contribution in [0.5, 0.6) is 5.88 Å². The van der Waals surface area contributed by atoms with Gasteiger partial charge < -0.3 is 15.7 Å². The number of hydrogen-bond donors (Lipinski definition) is 2. The Balaban J connectivity index is 2.26. The van der Waals surface area contributed by atoms with Crippen molar-refractivity contribution < 1.29 is 9.94 Å². The molecule has 2 aromatic rings. The number of amidine groups is 1. The van der Waals surface area contributed by atoms with Gasteiger partial charge in [-0.1, -0.05) is 33.2 Å². The first kappa shape index (κ1) is 14.4. The molecule has 0 amide bonds. The molecule has 0 saturated heterocycles. The van der Waals surface area contributed by atoms with Crippen molar-refractivity contribution in [2.75, 3.05) is 0 Å². The van der Waals surface area contributed by atoms with Crippen LogP contribution in [0.25, 0.3) is 0 Å². The highest BCUT2D eigenvalue weighted by Crippen LogP contribution is 2.22. The van der Waals surface area contributed by atoms with E-state index in [4.69, 9.17) is 15.7 Å². The molecule has 0 radical (unpaired) electrons. The van der Waals surface area contributed by atoms with Crippen molar-refractivity contribution in [1.82, 2.24) is 9.78 Å². The number of nitrogens with two attached hydrogens (primary N) is 1. The molecule has 0 atom stereocenters. The van der Waals surface area contributed by atoms with Crippen LogP contribution in [0, 0.1) is 6.92 Å². The smallest absolute Gasteiger partial charge is 0.223 e. The van der Waals surface area contributed by atoms with E-state index in [1.165, 1.54) is 0 Å². The average Bonchev–Trinajstić information content (AvgIpc) is 2.70. The van der Waals surface area contributed by atoms with E-state index in [0.717, 1.165) is 10.0 Å². The zero-order chi connectivity index (χ0) is 14.7. The summed E-state index contributed by atoms with van der Waals surface area (Å²) in [5, 5.41) is 16.1. The third kappa shape index (κ3) is 2.93. The molecule has 0 fully saturated rings. The van der Waals surface area contributed by atoms with Gasteiger partial charge in [0, 0.05) is 11.5 Å². The van der Waals surface area contributed by atoms with Crippen LogP contribution in [-0.2, 0) is 13.7 Å². The summed E-state index contributed by atoms with van der Waals surface area (Å²) in [7, 11) is 1.75. The molecule has 0 spiro atoms. The monoisotopic (exact) mass is 338 g/mol. The van der Waals surface area contributed by atoms with Gasteiger partial charge >= 0.3 is 0 Å². The minimum absolute atomic E-state index is 0.0140. The largest absolute Gasteiger partial charge is 0.472 e. The lowest BCUT2D eigenvalue weighted by molar-refractivity contribution is 0.277. The van der Waals surface area contributed by atoms with E-state index in [-0.39, 0.29) is 5.84 Å². The van der Waals surface area contributed by atoms with E-state index < -0.39 is 0 Å². The fourth-order valence-electron chi connectivity index (χ4n) is 1.93. The number of hydrogen-bond acceptors (Lipinski definition) is 4. The second-order valence-corrected chi connectivity index (χ2v) is 5.21. The molecule has 20 heavy (non-hydrogen) atoms. The maximum Gasteiger partial charge on any atom is 0.223 e. The molecule has 106 valence electrons. The van der Waals surface area contributed by atoms with Crippen LogP contribution < -0.4 is 10.5 Å². The van der Waals surface area contributed by atoms with E-state index in [1.54, 1.807) is 18.7 Å². The molecule has 0 saturated carbocycles. The Kier molecular flexibility index (Phi) is 4.29. The summed E-state index contributed by atoms with van der Waals surface area (Å²) < 4.78 is 8.31. The summed E-state index contributed by atoms with van der Waals surface area (Å²) >= 11 is 3.41. The number of aryl methyl sites for hydroxylation is 2. The van der Waals surface area contributed by atoms with E-state index >= 15 is 0 Å². The van der Waals surface area contributed by atoms with Gasteiger partial charge in [-0.15, -0.1) is 0 Å². The highest BCUT2D eigenvalue weighted by Gasteiger charge is 2.18. The van der Waals surface area contributed by atoms with Crippen molar-refractivity contribution in [2.24, 2.45) is 17.9 Å². The number of rotatable bonds is 4. The molecule has 0 aliphatic heterocycles. The van der Waals surface area contributed by atoms with Crippen molar-refractivity contribution in [2.45, 2.75) is 13.5 Å². The molecule has 6 nitrogen and oxygen atoms in total. The Hall–Kier alpha value is -2.02. The van der Waals surface area contributed by atoms with Crippen molar-refractivity contribution >= 4 is 21.8 Å². The van der Waals surface area contributed by atoms with E-state index in [9.17, 15) is 0 Å². The van der Waals surface area contributed by atoms with Crippen molar-refractivity contribution in [3.8, 4) is 5.88 Å². The first-order valence-electron chi connectivity index (χ1n) is 5.91. The molecular weight excluding hydrogens is 324 g/mol. The van der Waals surface area contributed by atoms with Gasteiger partial charge in [-0.2, -0.15) is 5.10 Å². The van der Waals surface area contributed by atoms with Crippen molar-refractivity contribution in [3.63, 3.8) is 0 Å². The Labute approximate surface area is 125 Å². The number of nitrogens with zero attached hydrogens (tertiary/aromatic N) is 3. The third-order valence-electron chi connectivity index (χ3n) is 2.80. The zero-order valence-corrected chi connectivity index (χ0v) is 12.8. The van der Waals surface area contributed by atoms with Crippen LogP contribution in [-0.4, -0.2) is 20.8 Å². The van der Waals surface area contributed by atoms with Gasteiger partial charge in [-0.25, -0.2) is 4.68 Å². The van der Waals surface area contributed by atoms with Crippen LogP contribution >= 0.6 is 15.9 Å². The summed E-state index contributed by atoms with van der Waals surface area (Å²) in [6.07, 6.45) is 0. The Bertz CT molecular complexity index is 652.